The Balaban J connectivity index is 1.47. The Hall–Kier alpha value is -3.11. The second-order valence-electron chi connectivity index (χ2n) is 8.33. The normalized spacial score (nSPS) is 14.9. The van der Waals surface area contributed by atoms with E-state index in [9.17, 15) is 18.0 Å². The summed E-state index contributed by atoms with van der Waals surface area (Å²) in [7, 11) is -3.99. The first-order valence-corrected chi connectivity index (χ1v) is 12.9. The minimum absolute atomic E-state index is 0.00422. The molecule has 0 atom stereocenters. The average molecular weight is 489 g/mol. The molecule has 3 amide bonds. The summed E-state index contributed by atoms with van der Waals surface area (Å²) in [5.41, 5.74) is 3.96. The molecule has 0 bridgehead atoms. The number of hydrogen-bond donors (Lipinski definition) is 3. The number of benzene rings is 2. The van der Waals surface area contributed by atoms with Crippen LogP contribution in [-0.4, -0.2) is 51.6 Å². The lowest BCUT2D eigenvalue weighted by atomic mass is 10.0. The van der Waals surface area contributed by atoms with Gasteiger partial charge >= 0.3 is 6.03 Å². The molecule has 1 aliphatic heterocycles. The van der Waals surface area contributed by atoms with Crippen molar-refractivity contribution in [1.29, 1.82) is 0 Å². The fourth-order valence-corrected chi connectivity index (χ4v) is 4.52. The van der Waals surface area contributed by atoms with Crippen LogP contribution < -0.4 is 20.2 Å². The number of urea groups is 1. The molecular weight excluding hydrogens is 456 g/mol. The van der Waals surface area contributed by atoms with Crippen LogP contribution in [-0.2, 0) is 16.4 Å². The number of carbonyl (C=O) groups is 2. The van der Waals surface area contributed by atoms with Crippen LogP contribution in [0, 0.1) is 5.92 Å². The molecule has 10 heteroatoms. The Morgan fingerprint density at radius 2 is 1.79 bits per heavy atom. The lowest BCUT2D eigenvalue weighted by Gasteiger charge is -2.30. The molecule has 1 heterocycles. The molecule has 0 saturated carbocycles. The molecule has 1 saturated heterocycles. The standard InChI is InChI=1S/C24H32N4O5S/c1-3-33-21-6-4-5-20(17-21)23(29)25-14-11-19-7-9-22(10-8-19)34(31,32)27-24(30)26-28-15-12-18(2)13-16-28/h4-10,17-18H,3,11-16H2,1-2H3,(H,25,29)(H2,26,27,30). The van der Waals surface area contributed by atoms with E-state index in [4.69, 9.17) is 4.74 Å². The Labute approximate surface area is 200 Å². The van der Waals surface area contributed by atoms with Gasteiger partial charge in [-0.15, -0.1) is 0 Å². The first-order chi connectivity index (χ1) is 16.3. The largest absolute Gasteiger partial charge is 0.494 e. The molecule has 0 radical (unpaired) electrons. The second-order valence-corrected chi connectivity index (χ2v) is 10.0. The number of nitrogens with one attached hydrogen (secondary N) is 3. The minimum atomic E-state index is -3.99. The number of sulfonamides is 1. The van der Waals surface area contributed by atoms with Crippen molar-refractivity contribution in [2.45, 2.75) is 38.0 Å². The maximum absolute atomic E-state index is 12.5. The van der Waals surface area contributed by atoms with Gasteiger partial charge in [0.15, 0.2) is 0 Å². The number of hydrogen-bond acceptors (Lipinski definition) is 6. The zero-order chi connectivity index (χ0) is 24.6. The number of nitrogens with zero attached hydrogens (tertiary/aromatic N) is 1. The maximum Gasteiger partial charge on any atom is 0.343 e. The second kappa shape index (κ2) is 11.8. The maximum atomic E-state index is 12.5. The summed E-state index contributed by atoms with van der Waals surface area (Å²) in [6.07, 6.45) is 2.43. The monoisotopic (exact) mass is 488 g/mol. The fraction of sp³-hybridized carbons (Fsp3) is 0.417. The number of rotatable bonds is 9. The van der Waals surface area contributed by atoms with Crippen LogP contribution in [0.5, 0.6) is 5.75 Å². The van der Waals surface area contributed by atoms with E-state index in [0.717, 1.165) is 18.4 Å². The van der Waals surface area contributed by atoms with Crippen molar-refractivity contribution < 1.29 is 22.7 Å². The SMILES string of the molecule is CCOc1cccc(C(=O)NCCc2ccc(S(=O)(=O)NC(=O)NN3CCC(C)CC3)cc2)c1. The highest BCUT2D eigenvalue weighted by Crippen LogP contribution is 2.15. The average Bonchev–Trinajstić information content (AvgIpc) is 2.81. The van der Waals surface area contributed by atoms with Gasteiger partial charge in [-0.1, -0.05) is 25.1 Å². The molecule has 34 heavy (non-hydrogen) atoms. The number of piperidine rings is 1. The van der Waals surface area contributed by atoms with E-state index in [1.165, 1.54) is 12.1 Å². The van der Waals surface area contributed by atoms with Crippen molar-refractivity contribution in [3.63, 3.8) is 0 Å². The summed E-state index contributed by atoms with van der Waals surface area (Å²) < 4.78 is 32.5. The van der Waals surface area contributed by atoms with Crippen molar-refractivity contribution in [1.82, 2.24) is 20.5 Å². The third-order valence-corrected chi connectivity index (χ3v) is 6.96. The summed E-state index contributed by atoms with van der Waals surface area (Å²) in [4.78, 5) is 24.5. The summed E-state index contributed by atoms with van der Waals surface area (Å²) in [5, 5.41) is 4.58. The zero-order valence-corrected chi connectivity index (χ0v) is 20.4. The predicted octanol–water partition coefficient (Wildman–Crippen LogP) is 2.69. The summed E-state index contributed by atoms with van der Waals surface area (Å²) in [6.45, 7) is 6.33. The van der Waals surface area contributed by atoms with E-state index >= 15 is 0 Å². The molecule has 0 aromatic heterocycles. The first kappa shape index (κ1) is 25.5. The van der Waals surface area contributed by atoms with Crippen LogP contribution in [0.4, 0.5) is 4.79 Å². The van der Waals surface area contributed by atoms with E-state index in [1.54, 1.807) is 41.4 Å². The predicted molar refractivity (Wildman–Crippen MR) is 129 cm³/mol. The molecule has 3 N–H and O–H groups in total. The fourth-order valence-electron chi connectivity index (χ4n) is 3.62. The van der Waals surface area contributed by atoms with Crippen LogP contribution >= 0.6 is 0 Å². The zero-order valence-electron chi connectivity index (χ0n) is 19.5. The Kier molecular flexibility index (Phi) is 8.89. The number of hydrazine groups is 1. The lowest BCUT2D eigenvalue weighted by Crippen LogP contribution is -2.51. The van der Waals surface area contributed by atoms with Crippen LogP contribution in [0.15, 0.2) is 53.4 Å². The van der Waals surface area contributed by atoms with Gasteiger partial charge in [-0.3, -0.25) is 10.2 Å². The van der Waals surface area contributed by atoms with Crippen LogP contribution in [0.2, 0.25) is 0 Å². The molecule has 184 valence electrons. The quantitative estimate of drug-likeness (QED) is 0.500. The molecule has 3 rings (SSSR count). The minimum Gasteiger partial charge on any atom is -0.494 e. The summed E-state index contributed by atoms with van der Waals surface area (Å²) in [6, 6.07) is 12.4. The van der Waals surface area contributed by atoms with Gasteiger partial charge in [0, 0.05) is 25.2 Å². The van der Waals surface area contributed by atoms with Gasteiger partial charge in [0.25, 0.3) is 15.9 Å². The molecular formula is C24H32N4O5S. The van der Waals surface area contributed by atoms with E-state index in [-0.39, 0.29) is 10.8 Å². The smallest absolute Gasteiger partial charge is 0.343 e. The molecule has 1 fully saturated rings. The van der Waals surface area contributed by atoms with Crippen molar-refractivity contribution in [2.24, 2.45) is 5.92 Å². The van der Waals surface area contributed by atoms with Gasteiger partial charge in [0.1, 0.15) is 5.75 Å². The van der Waals surface area contributed by atoms with Crippen molar-refractivity contribution in [3.8, 4) is 5.75 Å². The van der Waals surface area contributed by atoms with Crippen LogP contribution in [0.25, 0.3) is 0 Å². The van der Waals surface area contributed by atoms with Gasteiger partial charge in [-0.2, -0.15) is 0 Å². The molecule has 0 aliphatic carbocycles. The highest BCUT2D eigenvalue weighted by atomic mass is 32.2. The molecule has 0 unspecified atom stereocenters. The summed E-state index contributed by atoms with van der Waals surface area (Å²) >= 11 is 0. The van der Waals surface area contributed by atoms with Gasteiger partial charge < -0.3 is 10.1 Å². The van der Waals surface area contributed by atoms with Gasteiger partial charge in [0.2, 0.25) is 0 Å². The summed E-state index contributed by atoms with van der Waals surface area (Å²) in [5.74, 6) is 1.03. The number of amides is 3. The molecule has 0 spiro atoms. The molecule has 9 nitrogen and oxygen atoms in total. The van der Waals surface area contributed by atoms with Crippen molar-refractivity contribution in [2.75, 3.05) is 26.2 Å². The van der Waals surface area contributed by atoms with Gasteiger partial charge in [-0.25, -0.2) is 22.9 Å². The van der Waals surface area contributed by atoms with E-state index in [0.29, 0.717) is 49.9 Å². The number of carbonyl (C=O) groups excluding carboxylic acids is 2. The Morgan fingerprint density at radius 1 is 1.09 bits per heavy atom. The van der Waals surface area contributed by atoms with Crippen molar-refractivity contribution >= 4 is 22.0 Å². The molecule has 2 aromatic rings. The van der Waals surface area contributed by atoms with E-state index in [1.807, 2.05) is 6.92 Å². The highest BCUT2D eigenvalue weighted by molar-refractivity contribution is 7.90. The van der Waals surface area contributed by atoms with E-state index in [2.05, 4.69) is 22.4 Å². The van der Waals surface area contributed by atoms with Crippen LogP contribution in [0.3, 0.4) is 0 Å². The van der Waals surface area contributed by atoms with Gasteiger partial charge in [-0.05, 0) is 68.0 Å². The lowest BCUT2D eigenvalue weighted by molar-refractivity contribution is 0.0953. The van der Waals surface area contributed by atoms with Crippen LogP contribution in [0.1, 0.15) is 42.6 Å². The Bertz CT molecular complexity index is 1080. The Morgan fingerprint density at radius 3 is 2.47 bits per heavy atom. The topological polar surface area (TPSA) is 117 Å². The first-order valence-electron chi connectivity index (χ1n) is 11.4. The highest BCUT2D eigenvalue weighted by Gasteiger charge is 2.21. The third-order valence-electron chi connectivity index (χ3n) is 5.61. The van der Waals surface area contributed by atoms with Gasteiger partial charge in [0.05, 0.1) is 11.5 Å². The van der Waals surface area contributed by atoms with E-state index < -0.39 is 16.1 Å². The number of ether oxygens (including phenoxy) is 1. The molecule has 1 aliphatic rings. The van der Waals surface area contributed by atoms with Crippen molar-refractivity contribution in [3.05, 3.63) is 59.7 Å². The molecule has 2 aromatic carbocycles. The third kappa shape index (κ3) is 7.46.